The molecule has 1 rings (SSSR count). The van der Waals surface area contributed by atoms with Crippen LogP contribution in [0, 0.1) is 0 Å². The highest BCUT2D eigenvalue weighted by Crippen LogP contribution is 2.18. The molecule has 1 aliphatic carbocycles. The van der Waals surface area contributed by atoms with Crippen LogP contribution in [-0.2, 0) is 0 Å². The first-order valence-electron chi connectivity index (χ1n) is 3.79. The third-order valence-corrected chi connectivity index (χ3v) is 1.98. The van der Waals surface area contributed by atoms with Gasteiger partial charge in [0, 0.05) is 18.6 Å². The van der Waals surface area contributed by atoms with E-state index in [1.165, 1.54) is 19.3 Å². The lowest BCUT2D eigenvalue weighted by Crippen LogP contribution is -2.44. The predicted molar refractivity (Wildman–Crippen MR) is 39.3 cm³/mol. The zero-order valence-corrected chi connectivity index (χ0v) is 6.06. The number of rotatable bonds is 3. The fourth-order valence-electron chi connectivity index (χ4n) is 1.05. The second-order valence-electron chi connectivity index (χ2n) is 2.93. The van der Waals surface area contributed by atoms with Crippen molar-refractivity contribution in [1.29, 1.82) is 0 Å². The van der Waals surface area contributed by atoms with Gasteiger partial charge < -0.3 is 11.1 Å². The van der Waals surface area contributed by atoms with E-state index in [1.54, 1.807) is 0 Å². The Kier molecular flexibility index (Phi) is 2.49. The van der Waals surface area contributed by atoms with Crippen molar-refractivity contribution in [2.75, 3.05) is 6.54 Å². The monoisotopic (exact) mass is 128 g/mol. The van der Waals surface area contributed by atoms with Gasteiger partial charge in [-0.25, -0.2) is 0 Å². The fourth-order valence-corrected chi connectivity index (χ4v) is 1.05. The SMILES string of the molecule is CC(CN)NC1CCC1. The predicted octanol–water partition coefficient (Wildman–Crippen LogP) is 0.476. The van der Waals surface area contributed by atoms with Gasteiger partial charge in [-0.05, 0) is 19.8 Å². The molecule has 2 heteroatoms. The highest BCUT2D eigenvalue weighted by atomic mass is 15.0. The van der Waals surface area contributed by atoms with E-state index in [2.05, 4.69) is 12.2 Å². The summed E-state index contributed by atoms with van der Waals surface area (Å²) < 4.78 is 0. The zero-order chi connectivity index (χ0) is 6.69. The average molecular weight is 128 g/mol. The van der Waals surface area contributed by atoms with Crippen LogP contribution in [-0.4, -0.2) is 18.6 Å². The minimum atomic E-state index is 0.510. The lowest BCUT2D eigenvalue weighted by Gasteiger charge is -2.29. The van der Waals surface area contributed by atoms with E-state index in [-0.39, 0.29) is 0 Å². The molecule has 9 heavy (non-hydrogen) atoms. The molecule has 1 unspecified atom stereocenters. The Hall–Kier alpha value is -0.0800. The summed E-state index contributed by atoms with van der Waals surface area (Å²) in [5.41, 5.74) is 5.44. The van der Waals surface area contributed by atoms with Gasteiger partial charge in [0.2, 0.25) is 0 Å². The van der Waals surface area contributed by atoms with Gasteiger partial charge in [0.25, 0.3) is 0 Å². The Morgan fingerprint density at radius 3 is 2.67 bits per heavy atom. The van der Waals surface area contributed by atoms with Crippen molar-refractivity contribution in [3.63, 3.8) is 0 Å². The third kappa shape index (κ3) is 1.95. The Labute approximate surface area is 56.8 Å². The maximum Gasteiger partial charge on any atom is 0.0164 e. The molecule has 0 saturated heterocycles. The lowest BCUT2D eigenvalue weighted by molar-refractivity contribution is 0.313. The van der Waals surface area contributed by atoms with Gasteiger partial charge in [-0.15, -0.1) is 0 Å². The van der Waals surface area contributed by atoms with Crippen molar-refractivity contribution in [3.05, 3.63) is 0 Å². The maximum atomic E-state index is 5.44. The molecule has 0 aromatic carbocycles. The van der Waals surface area contributed by atoms with Gasteiger partial charge in [0.05, 0.1) is 0 Å². The highest BCUT2D eigenvalue weighted by Gasteiger charge is 2.17. The van der Waals surface area contributed by atoms with E-state index >= 15 is 0 Å². The van der Waals surface area contributed by atoms with E-state index in [4.69, 9.17) is 5.73 Å². The molecule has 1 fully saturated rings. The standard InChI is InChI=1S/C7H16N2/c1-6(5-8)9-7-3-2-4-7/h6-7,9H,2-5,8H2,1H3. The molecule has 0 bridgehead atoms. The first kappa shape index (κ1) is 7.03. The van der Waals surface area contributed by atoms with Gasteiger partial charge in [-0.3, -0.25) is 0 Å². The van der Waals surface area contributed by atoms with Gasteiger partial charge in [0.1, 0.15) is 0 Å². The quantitative estimate of drug-likeness (QED) is 0.580. The van der Waals surface area contributed by atoms with Crippen LogP contribution in [0.15, 0.2) is 0 Å². The summed E-state index contributed by atoms with van der Waals surface area (Å²) in [6.45, 7) is 2.90. The number of hydrogen-bond donors (Lipinski definition) is 2. The first-order valence-corrected chi connectivity index (χ1v) is 3.79. The summed E-state index contributed by atoms with van der Waals surface area (Å²) in [6.07, 6.45) is 4.10. The molecule has 0 aromatic heterocycles. The molecule has 0 amide bonds. The van der Waals surface area contributed by atoms with Crippen LogP contribution < -0.4 is 11.1 Å². The molecule has 1 saturated carbocycles. The van der Waals surface area contributed by atoms with Crippen molar-refractivity contribution in [1.82, 2.24) is 5.32 Å². The van der Waals surface area contributed by atoms with Crippen LogP contribution in [0.5, 0.6) is 0 Å². The summed E-state index contributed by atoms with van der Waals surface area (Å²) >= 11 is 0. The minimum absolute atomic E-state index is 0.510. The van der Waals surface area contributed by atoms with Crippen molar-refractivity contribution in [3.8, 4) is 0 Å². The summed E-state index contributed by atoms with van der Waals surface area (Å²) in [5, 5.41) is 3.44. The topological polar surface area (TPSA) is 38.0 Å². The van der Waals surface area contributed by atoms with Crippen LogP contribution >= 0.6 is 0 Å². The lowest BCUT2D eigenvalue weighted by atomic mass is 9.92. The number of hydrogen-bond acceptors (Lipinski definition) is 2. The molecule has 0 radical (unpaired) electrons. The molecule has 1 aliphatic rings. The Bertz CT molecular complexity index is 76.2. The Morgan fingerprint density at radius 2 is 2.33 bits per heavy atom. The first-order chi connectivity index (χ1) is 4.33. The van der Waals surface area contributed by atoms with Crippen LogP contribution in [0.25, 0.3) is 0 Å². The molecule has 0 aromatic rings. The second kappa shape index (κ2) is 3.18. The van der Waals surface area contributed by atoms with Crippen LogP contribution in [0.4, 0.5) is 0 Å². The van der Waals surface area contributed by atoms with Gasteiger partial charge >= 0.3 is 0 Å². The van der Waals surface area contributed by atoms with E-state index in [0.29, 0.717) is 6.04 Å². The fraction of sp³-hybridized carbons (Fsp3) is 1.00. The summed E-state index contributed by atoms with van der Waals surface area (Å²) in [5.74, 6) is 0. The average Bonchev–Trinajstić information content (AvgIpc) is 1.78. The second-order valence-corrected chi connectivity index (χ2v) is 2.93. The van der Waals surface area contributed by atoms with Crippen molar-refractivity contribution >= 4 is 0 Å². The van der Waals surface area contributed by atoms with E-state index in [1.807, 2.05) is 0 Å². The summed E-state index contributed by atoms with van der Waals surface area (Å²) in [7, 11) is 0. The van der Waals surface area contributed by atoms with Gasteiger partial charge in [-0.2, -0.15) is 0 Å². The molecule has 2 nitrogen and oxygen atoms in total. The van der Waals surface area contributed by atoms with E-state index in [0.717, 1.165) is 12.6 Å². The third-order valence-electron chi connectivity index (χ3n) is 1.98. The van der Waals surface area contributed by atoms with Crippen LogP contribution in [0.1, 0.15) is 26.2 Å². The largest absolute Gasteiger partial charge is 0.329 e. The molecule has 1 atom stereocenters. The normalized spacial score (nSPS) is 23.3. The molecule has 3 N–H and O–H groups in total. The van der Waals surface area contributed by atoms with E-state index < -0.39 is 0 Å². The molecular weight excluding hydrogens is 112 g/mol. The number of nitrogens with one attached hydrogen (secondary N) is 1. The Balaban J connectivity index is 2.01. The molecular formula is C7H16N2. The van der Waals surface area contributed by atoms with Gasteiger partial charge in [0.15, 0.2) is 0 Å². The summed E-state index contributed by atoms with van der Waals surface area (Å²) in [4.78, 5) is 0. The van der Waals surface area contributed by atoms with Crippen molar-refractivity contribution in [2.45, 2.75) is 38.3 Å². The molecule has 54 valence electrons. The highest BCUT2D eigenvalue weighted by molar-refractivity contribution is 4.79. The van der Waals surface area contributed by atoms with Crippen molar-refractivity contribution in [2.24, 2.45) is 5.73 Å². The molecule has 0 heterocycles. The zero-order valence-electron chi connectivity index (χ0n) is 6.06. The minimum Gasteiger partial charge on any atom is -0.329 e. The van der Waals surface area contributed by atoms with Crippen molar-refractivity contribution < 1.29 is 0 Å². The molecule has 0 aliphatic heterocycles. The maximum absolute atomic E-state index is 5.44. The molecule has 0 spiro atoms. The van der Waals surface area contributed by atoms with Crippen LogP contribution in [0.2, 0.25) is 0 Å². The van der Waals surface area contributed by atoms with E-state index in [9.17, 15) is 0 Å². The summed E-state index contributed by atoms with van der Waals surface area (Å²) in [6, 6.07) is 1.29. The number of nitrogens with two attached hydrogens (primary N) is 1. The van der Waals surface area contributed by atoms with Gasteiger partial charge in [-0.1, -0.05) is 6.42 Å². The van der Waals surface area contributed by atoms with Crippen LogP contribution in [0.3, 0.4) is 0 Å². The smallest absolute Gasteiger partial charge is 0.0164 e. The Morgan fingerprint density at radius 1 is 1.67 bits per heavy atom.